The van der Waals surface area contributed by atoms with Crippen molar-refractivity contribution in [3.63, 3.8) is 0 Å². The van der Waals surface area contributed by atoms with E-state index < -0.39 is 17.7 Å². The molecule has 2 atom stereocenters. The molecule has 1 N–H and O–H groups in total. The summed E-state index contributed by atoms with van der Waals surface area (Å²) in [5.74, 6) is -0.483. The van der Waals surface area contributed by atoms with Crippen LogP contribution in [0.1, 0.15) is 61.5 Å². The molecule has 2 unspecified atom stereocenters. The Balaban J connectivity index is 1.76. The molecule has 0 aromatic heterocycles. The van der Waals surface area contributed by atoms with Crippen LogP contribution < -0.4 is 15.1 Å². The van der Waals surface area contributed by atoms with E-state index in [9.17, 15) is 14.4 Å². The van der Waals surface area contributed by atoms with Gasteiger partial charge in [0.15, 0.2) is 5.78 Å². The topological polar surface area (TPSA) is 79.0 Å². The number of carbonyl (C=O) groups excluding carboxylic acids is 3. The zero-order chi connectivity index (χ0) is 26.7. The molecule has 0 saturated heterocycles. The highest BCUT2D eigenvalue weighted by atomic mass is 16.6. The summed E-state index contributed by atoms with van der Waals surface area (Å²) in [5, 5.41) is 2.81. The third kappa shape index (κ3) is 6.21. The Morgan fingerprint density at radius 2 is 1.84 bits per heavy atom. The van der Waals surface area contributed by atoms with Crippen LogP contribution in [0.5, 0.6) is 0 Å². The zero-order valence-electron chi connectivity index (χ0n) is 22.4. The molecule has 2 aromatic carbocycles. The fraction of sp³-hybridized carbons (Fsp3) is 0.433. The molecule has 0 spiro atoms. The minimum Gasteiger partial charge on any atom is -0.444 e. The van der Waals surface area contributed by atoms with Crippen LogP contribution >= 0.6 is 0 Å². The molecule has 0 fully saturated rings. The maximum Gasteiger partial charge on any atom is 0.408 e. The number of nitrogens with zero attached hydrogens (tertiary/aromatic N) is 2. The molecule has 4 rings (SSSR count). The van der Waals surface area contributed by atoms with Gasteiger partial charge in [-0.25, -0.2) is 4.79 Å². The lowest BCUT2D eigenvalue weighted by atomic mass is 10.00. The number of benzene rings is 2. The Labute approximate surface area is 219 Å². The minimum absolute atomic E-state index is 0.0814. The standard InChI is InChI=1S/C30H37N3O4/c1-20-15-16-25-26(17-20)33(19-27(34)23-14-10-9-11-21(23)2)28(35)24(31-29(36)37-30(3,4)5)18-32(25)22-12-7-6-8-13-22/h7,9-12,14-17,22,24H,6,8,13,18-19H2,1-5H3,(H,31,36). The van der Waals surface area contributed by atoms with E-state index in [1.54, 1.807) is 26.8 Å². The van der Waals surface area contributed by atoms with Crippen molar-refractivity contribution < 1.29 is 19.1 Å². The Morgan fingerprint density at radius 3 is 2.51 bits per heavy atom. The number of hydrogen-bond acceptors (Lipinski definition) is 5. The van der Waals surface area contributed by atoms with Gasteiger partial charge in [0.2, 0.25) is 0 Å². The van der Waals surface area contributed by atoms with Crippen molar-refractivity contribution >= 4 is 29.2 Å². The van der Waals surface area contributed by atoms with Crippen molar-refractivity contribution in [3.8, 4) is 0 Å². The third-order valence-electron chi connectivity index (χ3n) is 6.74. The van der Waals surface area contributed by atoms with E-state index >= 15 is 0 Å². The third-order valence-corrected chi connectivity index (χ3v) is 6.74. The number of aryl methyl sites for hydroxylation is 2. The molecular weight excluding hydrogens is 466 g/mol. The summed E-state index contributed by atoms with van der Waals surface area (Å²) in [6.45, 7) is 9.36. The summed E-state index contributed by atoms with van der Waals surface area (Å²) in [6.07, 6.45) is 6.71. The first-order valence-electron chi connectivity index (χ1n) is 13.0. The molecule has 7 nitrogen and oxygen atoms in total. The van der Waals surface area contributed by atoms with Crippen molar-refractivity contribution in [1.82, 2.24) is 5.32 Å². The number of ketones is 1. The quantitative estimate of drug-likeness (QED) is 0.440. The van der Waals surface area contributed by atoms with E-state index in [1.165, 1.54) is 4.90 Å². The summed E-state index contributed by atoms with van der Waals surface area (Å²) in [5.41, 5.74) is 3.28. The van der Waals surface area contributed by atoms with Gasteiger partial charge in [-0.1, -0.05) is 42.5 Å². The van der Waals surface area contributed by atoms with Gasteiger partial charge in [0.1, 0.15) is 11.6 Å². The number of nitrogens with one attached hydrogen (secondary N) is 1. The second-order valence-electron chi connectivity index (χ2n) is 10.9. The lowest BCUT2D eigenvalue weighted by Crippen LogP contribution is -2.54. The summed E-state index contributed by atoms with van der Waals surface area (Å²) in [7, 11) is 0. The smallest absolute Gasteiger partial charge is 0.408 e. The molecule has 2 amide bonds. The minimum atomic E-state index is -0.887. The fourth-order valence-electron chi connectivity index (χ4n) is 4.98. The molecular formula is C30H37N3O4. The van der Waals surface area contributed by atoms with Crippen LogP contribution in [0.3, 0.4) is 0 Å². The van der Waals surface area contributed by atoms with E-state index in [0.29, 0.717) is 11.3 Å². The Morgan fingerprint density at radius 1 is 1.08 bits per heavy atom. The summed E-state index contributed by atoms with van der Waals surface area (Å²) in [4.78, 5) is 44.0. The van der Waals surface area contributed by atoms with Crippen molar-refractivity contribution in [2.24, 2.45) is 0 Å². The van der Waals surface area contributed by atoms with Crippen LogP contribution in [0.25, 0.3) is 0 Å². The lowest BCUT2D eigenvalue weighted by Gasteiger charge is -2.35. The molecule has 196 valence electrons. The lowest BCUT2D eigenvalue weighted by molar-refractivity contribution is -0.120. The molecule has 0 bridgehead atoms. The Hall–Kier alpha value is -3.61. The number of ether oxygens (including phenoxy) is 1. The van der Waals surface area contributed by atoms with Crippen LogP contribution in [0.15, 0.2) is 54.6 Å². The van der Waals surface area contributed by atoms with E-state index in [1.807, 2.05) is 50.2 Å². The Kier molecular flexibility index (Phi) is 7.71. The molecule has 2 aliphatic rings. The molecule has 37 heavy (non-hydrogen) atoms. The molecule has 2 aromatic rings. The van der Waals surface area contributed by atoms with Gasteiger partial charge in [-0.05, 0) is 77.1 Å². The SMILES string of the molecule is Cc1ccc2c(c1)N(CC(=O)c1ccccc1C)C(=O)C(NC(=O)OC(C)(C)C)CN2C1C=CCCC1. The van der Waals surface area contributed by atoms with Crippen LogP contribution in [0, 0.1) is 13.8 Å². The number of carbonyl (C=O) groups is 3. The van der Waals surface area contributed by atoms with Crippen LogP contribution in [-0.2, 0) is 9.53 Å². The average Bonchev–Trinajstić information content (AvgIpc) is 2.94. The van der Waals surface area contributed by atoms with Gasteiger partial charge in [0.25, 0.3) is 5.91 Å². The van der Waals surface area contributed by atoms with Crippen LogP contribution in [0.4, 0.5) is 16.2 Å². The molecule has 7 heteroatoms. The van der Waals surface area contributed by atoms with Gasteiger partial charge in [0, 0.05) is 18.2 Å². The van der Waals surface area contributed by atoms with Crippen LogP contribution in [0.2, 0.25) is 0 Å². The predicted octanol–water partition coefficient (Wildman–Crippen LogP) is 5.34. The summed E-state index contributed by atoms with van der Waals surface area (Å²) >= 11 is 0. The highest BCUT2D eigenvalue weighted by Gasteiger charge is 2.38. The average molecular weight is 504 g/mol. The number of Topliss-reactive ketones (excluding diaryl/α,β-unsaturated/α-hetero) is 1. The normalized spacial score (nSPS) is 19.8. The van der Waals surface area contributed by atoms with Gasteiger partial charge >= 0.3 is 6.09 Å². The number of fused-ring (bicyclic) bond motifs is 1. The van der Waals surface area contributed by atoms with Crippen molar-refractivity contribution in [2.75, 3.05) is 22.9 Å². The van der Waals surface area contributed by atoms with Gasteiger partial charge in [-0.2, -0.15) is 0 Å². The highest BCUT2D eigenvalue weighted by molar-refractivity contribution is 6.10. The first-order valence-corrected chi connectivity index (χ1v) is 13.0. The van der Waals surface area contributed by atoms with Crippen molar-refractivity contribution in [2.45, 2.75) is 71.6 Å². The number of allylic oxidation sites excluding steroid dienone is 1. The summed E-state index contributed by atoms with van der Waals surface area (Å²) < 4.78 is 5.49. The van der Waals surface area contributed by atoms with Gasteiger partial charge in [-0.3, -0.25) is 9.59 Å². The maximum absolute atomic E-state index is 14.1. The Bertz CT molecular complexity index is 1210. The van der Waals surface area contributed by atoms with E-state index in [4.69, 9.17) is 4.74 Å². The number of rotatable bonds is 5. The number of anilines is 2. The first-order chi connectivity index (χ1) is 17.5. The monoisotopic (exact) mass is 503 g/mol. The molecule has 0 saturated carbocycles. The largest absolute Gasteiger partial charge is 0.444 e. The number of alkyl carbamates (subject to hydrolysis) is 1. The van der Waals surface area contributed by atoms with E-state index in [0.717, 1.165) is 36.1 Å². The van der Waals surface area contributed by atoms with Crippen molar-refractivity contribution in [3.05, 3.63) is 71.3 Å². The number of hydrogen-bond donors (Lipinski definition) is 1. The van der Waals surface area contributed by atoms with Gasteiger partial charge < -0.3 is 19.9 Å². The second-order valence-corrected chi connectivity index (χ2v) is 10.9. The first kappa shape index (κ1) is 26.5. The van der Waals surface area contributed by atoms with Gasteiger partial charge in [0.05, 0.1) is 17.9 Å². The predicted molar refractivity (Wildman–Crippen MR) is 146 cm³/mol. The molecule has 1 aliphatic heterocycles. The highest BCUT2D eigenvalue weighted by Crippen LogP contribution is 2.37. The van der Waals surface area contributed by atoms with Crippen LogP contribution in [-0.4, -0.2) is 48.6 Å². The summed E-state index contributed by atoms with van der Waals surface area (Å²) in [6, 6.07) is 12.6. The van der Waals surface area contributed by atoms with E-state index in [2.05, 4.69) is 22.4 Å². The molecule has 1 heterocycles. The maximum atomic E-state index is 14.1. The zero-order valence-corrected chi connectivity index (χ0v) is 22.4. The van der Waals surface area contributed by atoms with Gasteiger partial charge in [-0.15, -0.1) is 0 Å². The fourth-order valence-corrected chi connectivity index (χ4v) is 4.98. The number of amides is 2. The molecule has 1 aliphatic carbocycles. The molecule has 0 radical (unpaired) electrons. The van der Waals surface area contributed by atoms with Crippen molar-refractivity contribution in [1.29, 1.82) is 0 Å². The van der Waals surface area contributed by atoms with E-state index in [-0.39, 0.29) is 30.8 Å². The second kappa shape index (κ2) is 10.8.